The number of rotatable bonds is 7. The lowest BCUT2D eigenvalue weighted by atomic mass is 9.99. The number of aliphatic hydroxyl groups excluding tert-OH is 7. The summed E-state index contributed by atoms with van der Waals surface area (Å²) in [6.45, 7) is -1.53. The molecule has 1 rings (SSSR count). The smallest absolute Gasteiger partial charge is 0.187 e. The molecular weight excluding hydrogens is 292 g/mol. The molecule has 1 heterocycles. The number of aliphatic hydroxyl groups is 7. The summed E-state index contributed by atoms with van der Waals surface area (Å²) in [5.41, 5.74) is 0. The lowest BCUT2D eigenvalue weighted by Crippen LogP contribution is -2.61. The third kappa shape index (κ3) is 4.16. The van der Waals surface area contributed by atoms with Gasteiger partial charge in [0.15, 0.2) is 12.6 Å². The molecule has 0 aromatic rings. The summed E-state index contributed by atoms with van der Waals surface area (Å²) in [5, 5.41) is 65.6. The van der Waals surface area contributed by atoms with E-state index < -0.39 is 62.2 Å². The number of carbonyl (C=O) groups excluding carboxylic acids is 1. The minimum absolute atomic E-state index is 0.0492. The summed E-state index contributed by atoms with van der Waals surface area (Å²) in [6.07, 6.45) is -13.0. The van der Waals surface area contributed by atoms with Crippen LogP contribution in [0.15, 0.2) is 0 Å². The van der Waals surface area contributed by atoms with Gasteiger partial charge in [0, 0.05) is 0 Å². The Bertz CT molecular complexity index is 324. The Hall–Kier alpha value is -0.690. The molecule has 0 saturated carbocycles. The lowest BCUT2D eigenvalue weighted by Gasteiger charge is -2.41. The summed E-state index contributed by atoms with van der Waals surface area (Å²) >= 11 is 0. The Balaban J connectivity index is 2.83. The third-order valence-corrected chi connectivity index (χ3v) is 3.18. The monoisotopic (exact) mass is 312 g/mol. The van der Waals surface area contributed by atoms with Crippen LogP contribution in [0.5, 0.6) is 0 Å². The Morgan fingerprint density at radius 2 is 1.71 bits per heavy atom. The second kappa shape index (κ2) is 8.08. The van der Waals surface area contributed by atoms with Gasteiger partial charge in [0.25, 0.3) is 0 Å². The van der Waals surface area contributed by atoms with Crippen LogP contribution in [0, 0.1) is 0 Å². The van der Waals surface area contributed by atoms with Crippen molar-refractivity contribution in [1.29, 1.82) is 0 Å². The van der Waals surface area contributed by atoms with Crippen molar-refractivity contribution in [3.8, 4) is 0 Å². The first kappa shape index (κ1) is 18.4. The second-order valence-corrected chi connectivity index (χ2v) is 4.67. The van der Waals surface area contributed by atoms with Crippen LogP contribution in [0.1, 0.15) is 0 Å². The number of aldehydes is 1. The number of ether oxygens (including phenoxy) is 2. The molecule has 1 aliphatic rings. The van der Waals surface area contributed by atoms with E-state index in [1.807, 2.05) is 0 Å². The van der Waals surface area contributed by atoms with Gasteiger partial charge in [0.2, 0.25) is 0 Å². The van der Waals surface area contributed by atoms with Gasteiger partial charge in [0.05, 0.1) is 13.2 Å². The molecule has 0 unspecified atom stereocenters. The molecule has 10 nitrogen and oxygen atoms in total. The minimum Gasteiger partial charge on any atom is -0.394 e. The summed E-state index contributed by atoms with van der Waals surface area (Å²) in [5.74, 6) is 0. The maximum Gasteiger partial charge on any atom is 0.187 e. The molecule has 1 saturated heterocycles. The predicted octanol–water partition coefficient (Wildman–Crippen LogP) is -4.92. The molecule has 0 aliphatic carbocycles. The largest absolute Gasteiger partial charge is 0.394 e. The normalized spacial score (nSPS) is 37.8. The van der Waals surface area contributed by atoms with E-state index in [9.17, 15) is 30.3 Å². The maximum atomic E-state index is 10.6. The Kier molecular flexibility index (Phi) is 7.06. The van der Waals surface area contributed by atoms with E-state index >= 15 is 0 Å². The fourth-order valence-electron chi connectivity index (χ4n) is 1.91. The fraction of sp³-hybridized carbons (Fsp3) is 0.909. The molecule has 1 fully saturated rings. The number of carbonyl (C=O) groups is 1. The van der Waals surface area contributed by atoms with Gasteiger partial charge in [0.1, 0.15) is 42.7 Å². The Morgan fingerprint density at radius 1 is 1.10 bits per heavy atom. The van der Waals surface area contributed by atoms with Gasteiger partial charge in [-0.25, -0.2) is 0 Å². The van der Waals surface area contributed by atoms with Crippen molar-refractivity contribution in [2.45, 2.75) is 49.0 Å². The number of hydrogen-bond acceptors (Lipinski definition) is 10. The molecular formula is C11H20O10. The number of hydrogen-bond donors (Lipinski definition) is 7. The highest BCUT2D eigenvalue weighted by Gasteiger charge is 2.46. The van der Waals surface area contributed by atoms with Gasteiger partial charge in [-0.1, -0.05) is 0 Å². The van der Waals surface area contributed by atoms with Crippen molar-refractivity contribution in [3.63, 3.8) is 0 Å². The first-order valence-electron chi connectivity index (χ1n) is 6.25. The van der Waals surface area contributed by atoms with E-state index in [1.54, 1.807) is 0 Å². The van der Waals surface area contributed by atoms with Gasteiger partial charge in [-0.15, -0.1) is 0 Å². The van der Waals surface area contributed by atoms with Crippen LogP contribution >= 0.6 is 0 Å². The first-order chi connectivity index (χ1) is 9.87. The molecule has 10 heteroatoms. The lowest BCUT2D eigenvalue weighted by molar-refractivity contribution is -0.322. The van der Waals surface area contributed by atoms with E-state index in [0.29, 0.717) is 0 Å². The van der Waals surface area contributed by atoms with Gasteiger partial charge in [-0.2, -0.15) is 0 Å². The maximum absolute atomic E-state index is 10.6. The zero-order chi connectivity index (χ0) is 16.2. The molecule has 0 aromatic heterocycles. The van der Waals surface area contributed by atoms with Gasteiger partial charge < -0.3 is 50.0 Å². The van der Waals surface area contributed by atoms with Crippen LogP contribution in [0.4, 0.5) is 0 Å². The van der Waals surface area contributed by atoms with Crippen LogP contribution in [0.2, 0.25) is 0 Å². The van der Waals surface area contributed by atoms with Gasteiger partial charge in [-0.05, 0) is 0 Å². The molecule has 0 spiro atoms. The minimum atomic E-state index is -1.82. The molecule has 0 aromatic carbocycles. The summed E-state index contributed by atoms with van der Waals surface area (Å²) in [4.78, 5) is 10.6. The van der Waals surface area contributed by atoms with E-state index in [0.717, 1.165) is 0 Å². The summed E-state index contributed by atoms with van der Waals surface area (Å²) < 4.78 is 10.0. The average molecular weight is 312 g/mol. The van der Waals surface area contributed by atoms with Crippen LogP contribution in [-0.2, 0) is 14.3 Å². The van der Waals surface area contributed by atoms with Crippen molar-refractivity contribution in [2.24, 2.45) is 0 Å². The molecule has 7 N–H and O–H groups in total. The highest BCUT2D eigenvalue weighted by atomic mass is 16.7. The van der Waals surface area contributed by atoms with Crippen molar-refractivity contribution >= 4 is 6.29 Å². The Labute approximate surface area is 119 Å². The summed E-state index contributed by atoms with van der Waals surface area (Å²) in [6, 6.07) is 0. The zero-order valence-electron chi connectivity index (χ0n) is 11.0. The highest BCUT2D eigenvalue weighted by Crippen LogP contribution is 2.24. The van der Waals surface area contributed by atoms with E-state index in [-0.39, 0.29) is 6.29 Å². The highest BCUT2D eigenvalue weighted by molar-refractivity contribution is 5.56. The molecule has 0 amide bonds. The standard InChI is InChI=1S/C11H20O10/c12-1-4(15)10(5(16)2-13)21-11-9(19)8(18)7(17)6(3-14)20-11/h1,4-11,13-19H,2-3H2/t4-,5+,6+,7+,8-,9+,10+,11-/m0/s1. The third-order valence-electron chi connectivity index (χ3n) is 3.18. The van der Waals surface area contributed by atoms with Crippen molar-refractivity contribution < 1.29 is 50.0 Å². The SMILES string of the molecule is O=C[C@H](O)[C@@H](O[C@@H]1O[C@H](CO)[C@@H](O)[C@H](O)[C@H]1O)[C@H](O)CO. The van der Waals surface area contributed by atoms with E-state index in [2.05, 4.69) is 0 Å². The summed E-state index contributed by atoms with van der Waals surface area (Å²) in [7, 11) is 0. The molecule has 1 aliphatic heterocycles. The predicted molar refractivity (Wildman–Crippen MR) is 63.8 cm³/mol. The first-order valence-corrected chi connectivity index (χ1v) is 6.25. The Morgan fingerprint density at radius 3 is 2.19 bits per heavy atom. The van der Waals surface area contributed by atoms with E-state index in [4.69, 9.17) is 19.7 Å². The van der Waals surface area contributed by atoms with Crippen molar-refractivity contribution in [2.75, 3.05) is 13.2 Å². The van der Waals surface area contributed by atoms with Gasteiger partial charge in [-0.3, -0.25) is 0 Å². The van der Waals surface area contributed by atoms with E-state index in [1.165, 1.54) is 0 Å². The van der Waals surface area contributed by atoms with Crippen LogP contribution in [0.3, 0.4) is 0 Å². The van der Waals surface area contributed by atoms with Crippen molar-refractivity contribution in [1.82, 2.24) is 0 Å². The molecule has 0 bridgehead atoms. The topological polar surface area (TPSA) is 177 Å². The molecule has 124 valence electrons. The average Bonchev–Trinajstić information content (AvgIpc) is 2.50. The van der Waals surface area contributed by atoms with Crippen LogP contribution in [0.25, 0.3) is 0 Å². The van der Waals surface area contributed by atoms with Crippen LogP contribution < -0.4 is 0 Å². The molecule has 21 heavy (non-hydrogen) atoms. The van der Waals surface area contributed by atoms with Gasteiger partial charge >= 0.3 is 0 Å². The molecule has 0 radical (unpaired) electrons. The fourth-order valence-corrected chi connectivity index (χ4v) is 1.91. The second-order valence-electron chi connectivity index (χ2n) is 4.67. The zero-order valence-corrected chi connectivity index (χ0v) is 11.0. The van der Waals surface area contributed by atoms with Crippen LogP contribution in [-0.4, -0.2) is 104 Å². The molecule has 8 atom stereocenters. The van der Waals surface area contributed by atoms with Crippen molar-refractivity contribution in [3.05, 3.63) is 0 Å². The quantitative estimate of drug-likeness (QED) is 0.225.